The highest BCUT2D eigenvalue weighted by Crippen LogP contribution is 2.20. The van der Waals surface area contributed by atoms with Gasteiger partial charge in [0.25, 0.3) is 0 Å². The Morgan fingerprint density at radius 1 is 1.24 bits per heavy atom. The summed E-state index contributed by atoms with van der Waals surface area (Å²) in [6.07, 6.45) is 8.78. The standard InChI is InChI=1S/C15H30N4S.HI/c1-16-15(17-8-3-6-12-20-2)19-11-7-14(13-19)18-9-4-5-10-18;/h14H,3-13H2,1-2H3,(H,16,17);1H. The summed E-state index contributed by atoms with van der Waals surface area (Å²) in [6.45, 7) is 5.98. The van der Waals surface area contributed by atoms with Crippen molar-refractivity contribution >= 4 is 41.7 Å². The van der Waals surface area contributed by atoms with Gasteiger partial charge in [-0.15, -0.1) is 24.0 Å². The van der Waals surface area contributed by atoms with E-state index in [9.17, 15) is 0 Å². The first-order chi connectivity index (χ1) is 9.85. The van der Waals surface area contributed by atoms with E-state index in [1.165, 1.54) is 50.9 Å². The fourth-order valence-electron chi connectivity index (χ4n) is 3.24. The molecule has 4 nitrogen and oxygen atoms in total. The summed E-state index contributed by atoms with van der Waals surface area (Å²) in [7, 11) is 1.91. The molecule has 2 rings (SSSR count). The van der Waals surface area contributed by atoms with E-state index in [2.05, 4.69) is 26.4 Å². The van der Waals surface area contributed by atoms with Crippen LogP contribution in [-0.2, 0) is 0 Å². The molecule has 124 valence electrons. The van der Waals surface area contributed by atoms with Crippen LogP contribution in [-0.4, -0.2) is 73.6 Å². The lowest BCUT2D eigenvalue weighted by molar-refractivity contribution is 0.249. The Morgan fingerprint density at radius 3 is 2.67 bits per heavy atom. The maximum Gasteiger partial charge on any atom is 0.193 e. The summed E-state index contributed by atoms with van der Waals surface area (Å²) in [6, 6.07) is 0.757. The average molecular weight is 426 g/mol. The molecule has 1 atom stereocenters. The van der Waals surface area contributed by atoms with Crippen molar-refractivity contribution in [3.63, 3.8) is 0 Å². The van der Waals surface area contributed by atoms with Crippen molar-refractivity contribution in [1.29, 1.82) is 0 Å². The minimum Gasteiger partial charge on any atom is -0.356 e. The normalized spacial score (nSPS) is 23.4. The van der Waals surface area contributed by atoms with Gasteiger partial charge in [-0.1, -0.05) is 0 Å². The second-order valence-corrected chi connectivity index (χ2v) is 6.79. The first-order valence-corrected chi connectivity index (χ1v) is 9.43. The molecule has 1 N–H and O–H groups in total. The van der Waals surface area contributed by atoms with Crippen molar-refractivity contribution in [2.75, 3.05) is 51.8 Å². The van der Waals surface area contributed by atoms with Crippen LogP contribution in [0.15, 0.2) is 4.99 Å². The second kappa shape index (κ2) is 10.9. The molecule has 2 saturated heterocycles. The van der Waals surface area contributed by atoms with E-state index in [0.29, 0.717) is 0 Å². The summed E-state index contributed by atoms with van der Waals surface area (Å²) in [5, 5.41) is 3.53. The molecular formula is C15H31IN4S. The quantitative estimate of drug-likeness (QED) is 0.306. The van der Waals surface area contributed by atoms with Crippen molar-refractivity contribution in [2.24, 2.45) is 4.99 Å². The lowest BCUT2D eigenvalue weighted by Crippen LogP contribution is -2.43. The van der Waals surface area contributed by atoms with Crippen molar-refractivity contribution in [1.82, 2.24) is 15.1 Å². The van der Waals surface area contributed by atoms with Gasteiger partial charge in [0.15, 0.2) is 5.96 Å². The van der Waals surface area contributed by atoms with Gasteiger partial charge in [0, 0.05) is 32.7 Å². The lowest BCUT2D eigenvalue weighted by Gasteiger charge is -2.25. The van der Waals surface area contributed by atoms with Crippen LogP contribution in [0.1, 0.15) is 32.1 Å². The molecule has 6 heteroatoms. The fourth-order valence-corrected chi connectivity index (χ4v) is 3.74. The Bertz CT molecular complexity index is 308. The van der Waals surface area contributed by atoms with Crippen molar-refractivity contribution in [3.05, 3.63) is 0 Å². The van der Waals surface area contributed by atoms with Crippen LogP contribution >= 0.6 is 35.7 Å². The third-order valence-electron chi connectivity index (χ3n) is 4.39. The maximum atomic E-state index is 4.46. The van der Waals surface area contributed by atoms with Gasteiger partial charge >= 0.3 is 0 Å². The van der Waals surface area contributed by atoms with Gasteiger partial charge in [-0.2, -0.15) is 11.8 Å². The number of nitrogens with zero attached hydrogens (tertiary/aromatic N) is 3. The molecule has 2 heterocycles. The number of guanidine groups is 1. The molecule has 0 bridgehead atoms. The van der Waals surface area contributed by atoms with E-state index in [1.807, 2.05) is 18.8 Å². The maximum absolute atomic E-state index is 4.46. The summed E-state index contributed by atoms with van der Waals surface area (Å²) in [5.74, 6) is 2.37. The molecule has 0 aliphatic carbocycles. The Hall–Kier alpha value is 0.310. The van der Waals surface area contributed by atoms with Crippen LogP contribution in [0.25, 0.3) is 0 Å². The zero-order valence-corrected chi connectivity index (χ0v) is 16.7. The molecule has 0 aromatic carbocycles. The predicted octanol–water partition coefficient (Wildman–Crippen LogP) is 2.49. The Kier molecular flexibility index (Phi) is 10.1. The molecule has 2 aliphatic heterocycles. The summed E-state index contributed by atoms with van der Waals surface area (Å²) in [5.41, 5.74) is 0. The minimum absolute atomic E-state index is 0. The van der Waals surface area contributed by atoms with E-state index in [1.54, 1.807) is 0 Å². The Morgan fingerprint density at radius 2 is 2.00 bits per heavy atom. The van der Waals surface area contributed by atoms with E-state index in [-0.39, 0.29) is 24.0 Å². The molecule has 0 saturated carbocycles. The highest BCUT2D eigenvalue weighted by Gasteiger charge is 2.30. The van der Waals surface area contributed by atoms with Crippen LogP contribution < -0.4 is 5.32 Å². The fraction of sp³-hybridized carbons (Fsp3) is 0.933. The van der Waals surface area contributed by atoms with Crippen LogP contribution in [0.3, 0.4) is 0 Å². The number of hydrogen-bond acceptors (Lipinski definition) is 3. The zero-order valence-electron chi connectivity index (χ0n) is 13.5. The number of halogens is 1. The number of unbranched alkanes of at least 4 members (excludes halogenated alkanes) is 1. The van der Waals surface area contributed by atoms with Gasteiger partial charge in [-0.25, -0.2) is 0 Å². The summed E-state index contributed by atoms with van der Waals surface area (Å²) in [4.78, 5) is 9.57. The molecule has 0 aromatic rings. The molecule has 0 radical (unpaired) electrons. The number of aliphatic imine (C=N–C) groups is 1. The van der Waals surface area contributed by atoms with Crippen LogP contribution in [0, 0.1) is 0 Å². The number of likely N-dealkylation sites (tertiary alicyclic amines) is 2. The minimum atomic E-state index is 0. The third-order valence-corrected chi connectivity index (χ3v) is 5.09. The number of hydrogen-bond donors (Lipinski definition) is 1. The van der Waals surface area contributed by atoms with Crippen molar-refractivity contribution < 1.29 is 0 Å². The van der Waals surface area contributed by atoms with Gasteiger partial charge in [-0.3, -0.25) is 9.89 Å². The van der Waals surface area contributed by atoms with Crippen LogP contribution in [0.4, 0.5) is 0 Å². The molecule has 0 amide bonds. The lowest BCUT2D eigenvalue weighted by atomic mass is 10.2. The van der Waals surface area contributed by atoms with Crippen LogP contribution in [0.2, 0.25) is 0 Å². The summed E-state index contributed by atoms with van der Waals surface area (Å²) >= 11 is 1.93. The number of thioether (sulfide) groups is 1. The number of nitrogens with one attached hydrogen (secondary N) is 1. The highest BCUT2D eigenvalue weighted by molar-refractivity contribution is 14.0. The van der Waals surface area contributed by atoms with Gasteiger partial charge in [0.05, 0.1) is 0 Å². The monoisotopic (exact) mass is 426 g/mol. The summed E-state index contributed by atoms with van der Waals surface area (Å²) < 4.78 is 0. The second-order valence-electron chi connectivity index (χ2n) is 5.81. The van der Waals surface area contributed by atoms with Crippen molar-refractivity contribution in [3.8, 4) is 0 Å². The van der Waals surface area contributed by atoms with E-state index in [0.717, 1.165) is 31.6 Å². The van der Waals surface area contributed by atoms with E-state index < -0.39 is 0 Å². The first kappa shape index (κ1) is 19.4. The molecule has 1 unspecified atom stereocenters. The molecule has 2 aliphatic rings. The molecule has 0 spiro atoms. The average Bonchev–Trinajstić information content (AvgIpc) is 3.12. The number of rotatable bonds is 6. The van der Waals surface area contributed by atoms with E-state index in [4.69, 9.17) is 0 Å². The smallest absolute Gasteiger partial charge is 0.193 e. The van der Waals surface area contributed by atoms with Gasteiger partial charge in [0.2, 0.25) is 0 Å². The van der Waals surface area contributed by atoms with Gasteiger partial charge in [0.1, 0.15) is 0 Å². The SMILES string of the molecule is CN=C(NCCCCSC)N1CCC(N2CCCC2)C1.I. The molecule has 21 heavy (non-hydrogen) atoms. The predicted molar refractivity (Wildman–Crippen MR) is 105 cm³/mol. The van der Waals surface area contributed by atoms with Gasteiger partial charge in [-0.05, 0) is 57.2 Å². The molecular weight excluding hydrogens is 395 g/mol. The molecule has 2 fully saturated rings. The van der Waals surface area contributed by atoms with Crippen molar-refractivity contribution in [2.45, 2.75) is 38.1 Å². The first-order valence-electron chi connectivity index (χ1n) is 8.03. The Labute approximate surface area is 151 Å². The van der Waals surface area contributed by atoms with E-state index >= 15 is 0 Å². The topological polar surface area (TPSA) is 30.9 Å². The van der Waals surface area contributed by atoms with Gasteiger partial charge < -0.3 is 10.2 Å². The molecule has 0 aromatic heterocycles. The Balaban J connectivity index is 0.00000220. The largest absolute Gasteiger partial charge is 0.356 e. The highest BCUT2D eigenvalue weighted by atomic mass is 127. The third kappa shape index (κ3) is 6.14. The van der Waals surface area contributed by atoms with Crippen LogP contribution in [0.5, 0.6) is 0 Å². The zero-order chi connectivity index (χ0) is 14.2.